The van der Waals surface area contributed by atoms with Gasteiger partial charge in [-0.3, -0.25) is 4.79 Å². The minimum absolute atomic E-state index is 0.0108. The van der Waals surface area contributed by atoms with Gasteiger partial charge >= 0.3 is 0 Å². The molecule has 3 saturated heterocycles. The largest absolute Gasteiger partial charge is 0.387 e. The average molecular weight is 861 g/mol. The number of nitrogens with zero attached hydrogens (tertiary/aromatic N) is 3. The maximum atomic E-state index is 13.3. The summed E-state index contributed by atoms with van der Waals surface area (Å²) in [5.41, 5.74) is 8.83. The summed E-state index contributed by atoms with van der Waals surface area (Å²) in [6.45, 7) is 7.08. The summed E-state index contributed by atoms with van der Waals surface area (Å²) in [5, 5.41) is 28.5. The third-order valence-electron chi connectivity index (χ3n) is 11.4. The molecule has 8 nitrogen and oxygen atoms in total. The van der Waals surface area contributed by atoms with Gasteiger partial charge in [-0.1, -0.05) is 46.9 Å². The summed E-state index contributed by atoms with van der Waals surface area (Å²) >= 11 is 22.6. The fourth-order valence-corrected chi connectivity index (χ4v) is 10.7. The minimum Gasteiger partial charge on any atom is -0.387 e. The van der Waals surface area contributed by atoms with Crippen LogP contribution in [0.25, 0.3) is 0 Å². The highest BCUT2D eigenvalue weighted by Crippen LogP contribution is 2.43. The SMILES string of the molecule is N[C@H](CN1CCCC1)[C@H](O)c1ccc(SC2CC2)c(Cl)c1.O=C(N[C@H](CN1CCCC1)[C@H](O)c1ccc(SC2CC2)c(Cl)c1)[C@@H]1CCN(c2ccc(Cl)cc2)C1. The molecule has 3 heterocycles. The van der Waals surface area contributed by atoms with E-state index >= 15 is 0 Å². The monoisotopic (exact) mass is 859 g/mol. The molecule has 5 N–H and O–H groups in total. The number of carbonyl (C=O) groups excluding carboxylic acids is 1. The number of hydrogen-bond acceptors (Lipinski definition) is 9. The van der Waals surface area contributed by atoms with E-state index in [9.17, 15) is 15.0 Å². The molecule has 2 aliphatic carbocycles. The molecule has 3 aromatic rings. The number of rotatable bonds is 15. The van der Waals surface area contributed by atoms with Gasteiger partial charge in [-0.25, -0.2) is 0 Å². The normalized spacial score (nSPS) is 22.4. The van der Waals surface area contributed by atoms with Crippen molar-refractivity contribution >= 4 is 69.9 Å². The molecule has 56 heavy (non-hydrogen) atoms. The van der Waals surface area contributed by atoms with Crippen LogP contribution in [0.5, 0.6) is 0 Å². The van der Waals surface area contributed by atoms with E-state index in [0.29, 0.717) is 28.4 Å². The average Bonchev–Trinajstić information content (AvgIpc) is 3.97. The molecule has 304 valence electrons. The Kier molecular flexibility index (Phi) is 15.2. The molecule has 5 atom stereocenters. The van der Waals surface area contributed by atoms with Crippen molar-refractivity contribution in [3.8, 4) is 0 Å². The number of anilines is 1. The number of benzene rings is 3. The lowest BCUT2D eigenvalue weighted by molar-refractivity contribution is -0.126. The van der Waals surface area contributed by atoms with Gasteiger partial charge in [0.05, 0.1) is 28.1 Å². The molecule has 0 spiro atoms. The number of thioether (sulfide) groups is 2. The molecule has 0 bridgehead atoms. The van der Waals surface area contributed by atoms with Crippen molar-refractivity contribution in [1.82, 2.24) is 15.1 Å². The van der Waals surface area contributed by atoms with Gasteiger partial charge in [0.2, 0.25) is 5.91 Å². The first-order chi connectivity index (χ1) is 27.1. The Morgan fingerprint density at radius 2 is 1.23 bits per heavy atom. The van der Waals surface area contributed by atoms with Crippen molar-refractivity contribution in [2.45, 2.75) is 102 Å². The summed E-state index contributed by atoms with van der Waals surface area (Å²) in [6, 6.07) is 18.8. The van der Waals surface area contributed by atoms with Crippen LogP contribution in [0.2, 0.25) is 15.1 Å². The lowest BCUT2D eigenvalue weighted by Crippen LogP contribution is -2.48. The van der Waals surface area contributed by atoms with Crippen LogP contribution in [0.3, 0.4) is 0 Å². The van der Waals surface area contributed by atoms with Crippen LogP contribution in [0, 0.1) is 5.92 Å². The van der Waals surface area contributed by atoms with Crippen LogP contribution in [0.1, 0.15) is 81.1 Å². The van der Waals surface area contributed by atoms with Gasteiger partial charge in [-0.2, -0.15) is 0 Å². The zero-order valence-corrected chi connectivity index (χ0v) is 35.9. The molecule has 0 radical (unpaired) electrons. The van der Waals surface area contributed by atoms with Gasteiger partial charge in [-0.15, -0.1) is 23.5 Å². The van der Waals surface area contributed by atoms with Gasteiger partial charge in [0, 0.05) is 63.2 Å². The maximum absolute atomic E-state index is 13.3. The standard InChI is InChI=1S/C27H33Cl2N3O2S.C16H23ClN2OS/c28-20-4-6-21(7-5-20)32-14-11-19(16-32)27(34)30-24(17-31-12-1-2-13-31)26(33)18-3-10-25(23(29)15-18)35-22-8-9-22;17-13-9-11(3-6-15(13)21-12-4-5-12)16(20)14(18)10-19-7-1-2-8-19/h3-7,10,15,19,22,24,26,33H,1-2,8-9,11-14,16-17H2,(H,30,34);3,6,9,12,14,16,20H,1-2,4-5,7-8,10,18H2/t19-,24-,26-;14-,16-/m11/s1. The topological polar surface area (TPSA) is 105 Å². The second kappa shape index (κ2) is 20.0. The van der Waals surface area contributed by atoms with Crippen molar-refractivity contribution < 1.29 is 15.0 Å². The zero-order chi connectivity index (χ0) is 39.2. The van der Waals surface area contributed by atoms with Crippen LogP contribution in [-0.4, -0.2) is 101 Å². The number of aliphatic hydroxyl groups is 2. The molecule has 2 saturated carbocycles. The molecule has 1 amide bonds. The smallest absolute Gasteiger partial charge is 0.225 e. The quantitative estimate of drug-likeness (QED) is 0.120. The van der Waals surface area contributed by atoms with Crippen LogP contribution in [0.4, 0.5) is 5.69 Å². The van der Waals surface area contributed by atoms with Crippen molar-refractivity contribution in [2.24, 2.45) is 11.7 Å². The second-order valence-electron chi connectivity index (χ2n) is 16.1. The third-order valence-corrected chi connectivity index (χ3v) is 15.3. The summed E-state index contributed by atoms with van der Waals surface area (Å²) < 4.78 is 0. The van der Waals surface area contributed by atoms with E-state index in [1.807, 2.05) is 84.2 Å². The van der Waals surface area contributed by atoms with Crippen molar-refractivity contribution in [3.05, 3.63) is 86.9 Å². The van der Waals surface area contributed by atoms with E-state index in [-0.39, 0.29) is 23.9 Å². The summed E-state index contributed by atoms with van der Waals surface area (Å²) in [6.07, 6.45) is 9.18. The molecular weight excluding hydrogens is 805 g/mol. The number of likely N-dealkylation sites (tertiary alicyclic amines) is 2. The third kappa shape index (κ3) is 12.0. The predicted octanol–water partition coefficient (Wildman–Crippen LogP) is 8.44. The van der Waals surface area contributed by atoms with Gasteiger partial charge in [0.25, 0.3) is 0 Å². The van der Waals surface area contributed by atoms with Crippen LogP contribution < -0.4 is 16.0 Å². The minimum atomic E-state index is -0.814. The Balaban J connectivity index is 0.000000195. The summed E-state index contributed by atoms with van der Waals surface area (Å²) in [4.78, 5) is 22.4. The zero-order valence-electron chi connectivity index (χ0n) is 32.0. The van der Waals surface area contributed by atoms with Crippen LogP contribution in [0.15, 0.2) is 70.5 Å². The van der Waals surface area contributed by atoms with E-state index in [1.54, 1.807) is 0 Å². The Hall–Kier alpha value is -1.70. The van der Waals surface area contributed by atoms with Crippen molar-refractivity contribution in [2.75, 3.05) is 57.3 Å². The molecule has 13 heteroatoms. The van der Waals surface area contributed by atoms with Gasteiger partial charge in [0.1, 0.15) is 6.10 Å². The Morgan fingerprint density at radius 3 is 1.75 bits per heavy atom. The fraction of sp³-hybridized carbons (Fsp3) is 0.558. The second-order valence-corrected chi connectivity index (χ2v) is 20.0. The van der Waals surface area contributed by atoms with E-state index in [1.165, 1.54) is 38.5 Å². The molecule has 3 aliphatic heterocycles. The van der Waals surface area contributed by atoms with E-state index in [4.69, 9.17) is 40.5 Å². The van der Waals surface area contributed by atoms with Crippen LogP contribution in [-0.2, 0) is 4.79 Å². The molecule has 5 fully saturated rings. The summed E-state index contributed by atoms with van der Waals surface area (Å²) in [5.74, 6) is -0.100. The Labute approximate surface area is 356 Å². The molecule has 0 aromatic heterocycles. The first-order valence-corrected chi connectivity index (χ1v) is 23.3. The van der Waals surface area contributed by atoms with E-state index in [2.05, 4.69) is 20.0 Å². The first-order valence-electron chi connectivity index (χ1n) is 20.4. The van der Waals surface area contributed by atoms with Gasteiger partial charge in [0.15, 0.2) is 0 Å². The number of aliphatic hydroxyl groups excluding tert-OH is 2. The maximum Gasteiger partial charge on any atom is 0.225 e. The molecule has 5 aliphatic rings. The van der Waals surface area contributed by atoms with Crippen molar-refractivity contribution in [1.29, 1.82) is 0 Å². The first kappa shape index (κ1) is 42.4. The number of hydrogen-bond donors (Lipinski definition) is 4. The van der Waals surface area contributed by atoms with Crippen LogP contribution >= 0.6 is 58.3 Å². The highest BCUT2D eigenvalue weighted by atomic mass is 35.5. The van der Waals surface area contributed by atoms with Gasteiger partial charge in [-0.05, 0) is 144 Å². The van der Waals surface area contributed by atoms with Gasteiger partial charge < -0.3 is 36.0 Å². The predicted molar refractivity (Wildman–Crippen MR) is 234 cm³/mol. The Bertz CT molecular complexity index is 1750. The molecular formula is C43H56Cl3N5O3S2. The molecule has 8 rings (SSSR count). The highest BCUT2D eigenvalue weighted by Gasteiger charge is 2.34. The highest BCUT2D eigenvalue weighted by molar-refractivity contribution is 8.00. The van der Waals surface area contributed by atoms with E-state index in [0.717, 1.165) is 95.4 Å². The molecule has 0 unspecified atom stereocenters. The Morgan fingerprint density at radius 1 is 0.714 bits per heavy atom. The van der Waals surface area contributed by atoms with E-state index < -0.39 is 12.2 Å². The molecule has 3 aromatic carbocycles. The number of halogens is 3. The number of nitrogens with one attached hydrogen (secondary N) is 1. The lowest BCUT2D eigenvalue weighted by Gasteiger charge is -2.30. The number of carbonyl (C=O) groups is 1. The van der Waals surface area contributed by atoms with Crippen molar-refractivity contribution in [3.63, 3.8) is 0 Å². The fourth-order valence-electron chi connectivity index (χ4n) is 7.80. The summed E-state index contributed by atoms with van der Waals surface area (Å²) in [7, 11) is 0. The number of amides is 1. The number of nitrogens with two attached hydrogens (primary N) is 1. The lowest BCUT2D eigenvalue weighted by atomic mass is 10.00.